The van der Waals surface area contributed by atoms with Crippen molar-refractivity contribution < 1.29 is 4.74 Å². The third-order valence-corrected chi connectivity index (χ3v) is 2.83. The summed E-state index contributed by atoms with van der Waals surface area (Å²) in [5.41, 5.74) is 1.82. The summed E-state index contributed by atoms with van der Waals surface area (Å²) in [7, 11) is 0. The molecule has 0 bridgehead atoms. The van der Waals surface area contributed by atoms with E-state index in [1.54, 1.807) is 0 Å². The molecule has 0 aliphatic carbocycles. The fourth-order valence-electron chi connectivity index (χ4n) is 1.89. The minimum Gasteiger partial charge on any atom is -0.375 e. The first kappa shape index (κ1) is 14.0. The predicted molar refractivity (Wildman–Crippen MR) is 69.1 cm³/mol. The van der Waals surface area contributed by atoms with Crippen LogP contribution in [0.3, 0.4) is 0 Å². The van der Waals surface area contributed by atoms with Crippen molar-refractivity contribution in [1.82, 2.24) is 5.32 Å². The predicted octanol–water partition coefficient (Wildman–Crippen LogP) is 2.25. The van der Waals surface area contributed by atoms with Crippen LogP contribution in [0.2, 0.25) is 0 Å². The van der Waals surface area contributed by atoms with E-state index in [4.69, 9.17) is 10.00 Å². The molecule has 0 unspecified atom stereocenters. The molecule has 1 heterocycles. The van der Waals surface area contributed by atoms with E-state index in [-0.39, 0.29) is 12.4 Å². The molecule has 0 spiro atoms. The molecule has 1 saturated heterocycles. The van der Waals surface area contributed by atoms with E-state index in [1.165, 1.54) is 12.8 Å². The molecule has 17 heavy (non-hydrogen) atoms. The van der Waals surface area contributed by atoms with Crippen molar-refractivity contribution in [3.8, 4) is 6.07 Å². The van der Waals surface area contributed by atoms with E-state index >= 15 is 0 Å². The number of halogens is 1. The van der Waals surface area contributed by atoms with E-state index in [0.717, 1.165) is 18.7 Å². The minimum absolute atomic E-state index is 0. The molecular weight excluding hydrogens is 236 g/mol. The Morgan fingerprint density at radius 2 is 2.12 bits per heavy atom. The fraction of sp³-hybridized carbons (Fsp3) is 0.462. The molecule has 0 aromatic heterocycles. The van der Waals surface area contributed by atoms with Crippen LogP contribution in [0.5, 0.6) is 0 Å². The smallest absolute Gasteiger partial charge is 0.0991 e. The van der Waals surface area contributed by atoms with Gasteiger partial charge in [0.15, 0.2) is 0 Å². The maximum Gasteiger partial charge on any atom is 0.0991 e. The van der Waals surface area contributed by atoms with Gasteiger partial charge in [0, 0.05) is 6.04 Å². The first-order valence-corrected chi connectivity index (χ1v) is 5.68. The van der Waals surface area contributed by atoms with Gasteiger partial charge in [0.25, 0.3) is 0 Å². The maximum absolute atomic E-state index is 8.66. The van der Waals surface area contributed by atoms with Crippen LogP contribution in [-0.2, 0) is 11.3 Å². The summed E-state index contributed by atoms with van der Waals surface area (Å²) in [6, 6.07) is 10.2. The van der Waals surface area contributed by atoms with Gasteiger partial charge in [-0.25, -0.2) is 0 Å². The maximum atomic E-state index is 8.66. The highest BCUT2D eigenvalue weighted by molar-refractivity contribution is 5.85. The largest absolute Gasteiger partial charge is 0.375 e. The van der Waals surface area contributed by atoms with E-state index < -0.39 is 0 Å². The number of nitriles is 1. The highest BCUT2D eigenvalue weighted by Crippen LogP contribution is 2.08. The first-order valence-electron chi connectivity index (χ1n) is 5.68. The van der Waals surface area contributed by atoms with Crippen molar-refractivity contribution in [2.24, 2.45) is 0 Å². The van der Waals surface area contributed by atoms with Gasteiger partial charge >= 0.3 is 0 Å². The number of ether oxygens (including phenoxy) is 1. The van der Waals surface area contributed by atoms with Crippen molar-refractivity contribution >= 4 is 12.4 Å². The Bertz CT molecular complexity index is 366. The second-order valence-electron chi connectivity index (χ2n) is 4.12. The van der Waals surface area contributed by atoms with Crippen LogP contribution in [0.15, 0.2) is 24.3 Å². The van der Waals surface area contributed by atoms with Gasteiger partial charge < -0.3 is 10.1 Å². The molecule has 4 heteroatoms. The Morgan fingerprint density at radius 3 is 2.71 bits per heavy atom. The highest BCUT2D eigenvalue weighted by atomic mass is 35.5. The van der Waals surface area contributed by atoms with Crippen LogP contribution in [0, 0.1) is 11.3 Å². The molecule has 1 aliphatic heterocycles. The molecule has 1 fully saturated rings. The lowest BCUT2D eigenvalue weighted by Gasteiger charge is -2.10. The molecule has 92 valence electrons. The Balaban J connectivity index is 0.00000144. The van der Waals surface area contributed by atoms with Gasteiger partial charge in [0.2, 0.25) is 0 Å². The summed E-state index contributed by atoms with van der Waals surface area (Å²) in [4.78, 5) is 0. The van der Waals surface area contributed by atoms with Crippen LogP contribution >= 0.6 is 12.4 Å². The van der Waals surface area contributed by atoms with Gasteiger partial charge in [-0.05, 0) is 37.1 Å². The monoisotopic (exact) mass is 252 g/mol. The van der Waals surface area contributed by atoms with Crippen LogP contribution < -0.4 is 5.32 Å². The molecule has 1 aliphatic rings. The normalized spacial score (nSPS) is 18.4. The Hall–Kier alpha value is -1.08. The Morgan fingerprint density at radius 1 is 1.35 bits per heavy atom. The molecule has 2 rings (SSSR count). The molecule has 0 saturated carbocycles. The summed E-state index contributed by atoms with van der Waals surface area (Å²) in [6.07, 6.45) is 2.47. The van der Waals surface area contributed by atoms with Gasteiger partial charge in [-0.3, -0.25) is 0 Å². The quantitative estimate of drug-likeness (QED) is 0.894. The van der Waals surface area contributed by atoms with Gasteiger partial charge in [-0.15, -0.1) is 12.4 Å². The van der Waals surface area contributed by atoms with E-state index in [0.29, 0.717) is 18.2 Å². The standard InChI is InChI=1S/C13H16N2O.ClH/c14-8-11-3-5-12(6-4-11)9-16-10-13-2-1-7-15-13;/h3-6,13,15H,1-2,7,9-10H2;1H/t13-;/m1./s1. The molecular formula is C13H17ClN2O. The number of rotatable bonds is 4. The third kappa shape index (κ3) is 4.35. The summed E-state index contributed by atoms with van der Waals surface area (Å²) in [5, 5.41) is 12.1. The minimum atomic E-state index is 0. The summed E-state index contributed by atoms with van der Waals surface area (Å²) in [5.74, 6) is 0. The highest BCUT2D eigenvalue weighted by Gasteiger charge is 2.13. The van der Waals surface area contributed by atoms with E-state index in [1.807, 2.05) is 24.3 Å². The molecule has 0 amide bonds. The molecule has 1 aromatic rings. The Kier molecular flexibility index (Phi) is 5.99. The second kappa shape index (κ2) is 7.29. The van der Waals surface area contributed by atoms with E-state index in [9.17, 15) is 0 Å². The molecule has 1 atom stereocenters. The van der Waals surface area contributed by atoms with E-state index in [2.05, 4.69) is 11.4 Å². The molecule has 1 N–H and O–H groups in total. The van der Waals surface area contributed by atoms with Crippen LogP contribution in [0.1, 0.15) is 24.0 Å². The molecule has 1 aromatic carbocycles. The van der Waals surface area contributed by atoms with Gasteiger partial charge in [-0.1, -0.05) is 12.1 Å². The number of nitrogens with zero attached hydrogens (tertiary/aromatic N) is 1. The van der Waals surface area contributed by atoms with Crippen molar-refractivity contribution in [2.45, 2.75) is 25.5 Å². The Labute approximate surface area is 108 Å². The average molecular weight is 253 g/mol. The van der Waals surface area contributed by atoms with Crippen molar-refractivity contribution in [3.05, 3.63) is 35.4 Å². The van der Waals surface area contributed by atoms with Gasteiger partial charge in [0.1, 0.15) is 0 Å². The zero-order chi connectivity index (χ0) is 11.2. The lowest BCUT2D eigenvalue weighted by atomic mass is 10.1. The van der Waals surface area contributed by atoms with Crippen LogP contribution in [0.4, 0.5) is 0 Å². The van der Waals surface area contributed by atoms with Crippen molar-refractivity contribution in [2.75, 3.05) is 13.2 Å². The van der Waals surface area contributed by atoms with Crippen LogP contribution in [-0.4, -0.2) is 19.2 Å². The number of hydrogen-bond donors (Lipinski definition) is 1. The zero-order valence-electron chi connectivity index (χ0n) is 9.69. The lowest BCUT2D eigenvalue weighted by molar-refractivity contribution is 0.103. The average Bonchev–Trinajstić information content (AvgIpc) is 2.83. The molecule has 0 radical (unpaired) electrons. The number of nitrogens with one attached hydrogen (secondary N) is 1. The second-order valence-corrected chi connectivity index (χ2v) is 4.12. The fourth-order valence-corrected chi connectivity index (χ4v) is 1.89. The number of hydrogen-bond acceptors (Lipinski definition) is 3. The SMILES string of the molecule is Cl.N#Cc1ccc(COC[C@H]2CCCN2)cc1. The van der Waals surface area contributed by atoms with Gasteiger partial charge in [-0.2, -0.15) is 5.26 Å². The topological polar surface area (TPSA) is 45.0 Å². The van der Waals surface area contributed by atoms with Crippen molar-refractivity contribution in [3.63, 3.8) is 0 Å². The van der Waals surface area contributed by atoms with Gasteiger partial charge in [0.05, 0.1) is 24.8 Å². The summed E-state index contributed by atoms with van der Waals surface area (Å²) in [6.45, 7) is 2.52. The zero-order valence-corrected chi connectivity index (χ0v) is 10.5. The van der Waals surface area contributed by atoms with Crippen LogP contribution in [0.25, 0.3) is 0 Å². The summed E-state index contributed by atoms with van der Waals surface area (Å²) < 4.78 is 5.63. The third-order valence-electron chi connectivity index (χ3n) is 2.83. The first-order chi connectivity index (χ1) is 7.88. The van der Waals surface area contributed by atoms with Crippen molar-refractivity contribution in [1.29, 1.82) is 5.26 Å². The summed E-state index contributed by atoms with van der Waals surface area (Å²) >= 11 is 0. The lowest BCUT2D eigenvalue weighted by Crippen LogP contribution is -2.26. The number of benzene rings is 1. The molecule has 3 nitrogen and oxygen atoms in total.